The van der Waals surface area contributed by atoms with Gasteiger partial charge in [0.2, 0.25) is 17.1 Å². The van der Waals surface area contributed by atoms with E-state index in [-0.39, 0.29) is 0 Å². The molecular formula is C46H36N7+3. The maximum atomic E-state index is 5.77. The van der Waals surface area contributed by atoms with E-state index in [2.05, 4.69) is 166 Å². The van der Waals surface area contributed by atoms with Crippen LogP contribution in [0.4, 0.5) is 0 Å². The molecular weight excluding hydrogens is 651 g/mol. The molecule has 0 radical (unpaired) electrons. The zero-order valence-electron chi connectivity index (χ0n) is 29.7. The normalized spacial score (nSPS) is 11.9. The predicted molar refractivity (Wildman–Crippen MR) is 212 cm³/mol. The number of benzene rings is 1. The van der Waals surface area contributed by atoms with Gasteiger partial charge in [-0.1, -0.05) is 18.1 Å². The van der Waals surface area contributed by atoms with E-state index in [0.717, 1.165) is 95.3 Å². The van der Waals surface area contributed by atoms with Gasteiger partial charge < -0.3 is 9.97 Å². The lowest BCUT2D eigenvalue weighted by atomic mass is 10.0. The van der Waals surface area contributed by atoms with Gasteiger partial charge in [0, 0.05) is 53.0 Å². The first-order valence-electron chi connectivity index (χ1n) is 17.6. The van der Waals surface area contributed by atoms with Crippen molar-refractivity contribution >= 4 is 46.4 Å². The van der Waals surface area contributed by atoms with E-state index in [1.54, 1.807) is 0 Å². The van der Waals surface area contributed by atoms with Crippen molar-refractivity contribution in [2.75, 3.05) is 0 Å². The Kier molecular flexibility index (Phi) is 7.71. The molecule has 7 nitrogen and oxygen atoms in total. The van der Waals surface area contributed by atoms with Gasteiger partial charge in [0.15, 0.2) is 18.6 Å². The average Bonchev–Trinajstić information content (AvgIpc) is 4.02. The smallest absolute Gasteiger partial charge is 0.216 e. The molecule has 0 fully saturated rings. The van der Waals surface area contributed by atoms with Crippen molar-refractivity contribution in [2.45, 2.75) is 0 Å². The molecule has 1 aromatic carbocycles. The molecule has 6 aromatic heterocycles. The van der Waals surface area contributed by atoms with Gasteiger partial charge in [0.1, 0.15) is 21.1 Å². The Morgan fingerprint density at radius 3 is 1.17 bits per heavy atom. The number of rotatable bonds is 4. The third-order valence-corrected chi connectivity index (χ3v) is 10.0. The number of pyridine rings is 3. The average molecular weight is 687 g/mol. The summed E-state index contributed by atoms with van der Waals surface area (Å²) >= 11 is 0. The number of aromatic amines is 2. The summed E-state index contributed by atoms with van der Waals surface area (Å²) in [7, 11) is 6.21. The van der Waals surface area contributed by atoms with Gasteiger partial charge in [-0.2, -0.15) is 0 Å². The highest BCUT2D eigenvalue weighted by atomic mass is 14.9. The van der Waals surface area contributed by atoms with E-state index in [1.807, 2.05) is 30.3 Å². The second-order valence-electron chi connectivity index (χ2n) is 13.3. The topological polar surface area (TPSA) is 69.0 Å². The number of nitrogens with one attached hydrogen (secondary N) is 2. The summed E-state index contributed by atoms with van der Waals surface area (Å²) in [5, 5.41) is 0. The van der Waals surface area contributed by atoms with E-state index in [4.69, 9.17) is 16.4 Å². The van der Waals surface area contributed by atoms with Crippen molar-refractivity contribution in [1.29, 1.82) is 0 Å². The van der Waals surface area contributed by atoms with Gasteiger partial charge >= 0.3 is 0 Å². The number of hydrogen-bond acceptors (Lipinski definition) is 2. The highest BCUT2D eigenvalue weighted by molar-refractivity contribution is 5.98. The molecule has 7 aromatic rings. The Hall–Kier alpha value is -7.17. The minimum absolute atomic E-state index is 0.825. The van der Waals surface area contributed by atoms with Gasteiger partial charge in [-0.25, -0.2) is 23.7 Å². The number of terminal acetylenes is 1. The molecule has 0 unspecified atom stereocenters. The molecule has 7 heteroatoms. The Labute approximate surface area is 307 Å². The second-order valence-corrected chi connectivity index (χ2v) is 13.3. The highest BCUT2D eigenvalue weighted by Crippen LogP contribution is 2.37. The fourth-order valence-corrected chi connectivity index (χ4v) is 7.40. The number of aromatic nitrogens is 7. The fraction of sp³-hybridized carbons (Fsp3) is 0.0652. The van der Waals surface area contributed by atoms with Crippen LogP contribution in [0.1, 0.15) is 28.3 Å². The van der Waals surface area contributed by atoms with Crippen LogP contribution < -0.4 is 13.7 Å². The molecule has 53 heavy (non-hydrogen) atoms. The quantitative estimate of drug-likeness (QED) is 0.147. The fourth-order valence-electron chi connectivity index (χ4n) is 7.40. The Balaban J connectivity index is 1.50. The third kappa shape index (κ3) is 5.54. The van der Waals surface area contributed by atoms with E-state index >= 15 is 0 Å². The number of fused-ring (bicyclic) bond motifs is 8. The minimum atomic E-state index is 0.825. The van der Waals surface area contributed by atoms with Crippen molar-refractivity contribution in [3.63, 3.8) is 0 Å². The summed E-state index contributed by atoms with van der Waals surface area (Å²) in [6.07, 6.45) is 20.4. The Bertz CT molecular complexity index is 2840. The standard InChI is InChI=1S/C46H35N7/c1-5-30-15-17-31(18-16-30)43-32-19-21-34(47-32)44(40-12-6-9-27-51(40)2)36-23-25-38(49-36)46(42-14-8-11-29-53(42)4)39-26-24-37(50-39)45(35-22-20-33(43)48-35)41-13-7-10-28-52(41)3/h1,6-29H,2-4H3,(H,47,48,49,50)/q+2/p+1. The summed E-state index contributed by atoms with van der Waals surface area (Å²) in [6, 6.07) is 35.4. The van der Waals surface area contributed by atoms with Gasteiger partial charge in [-0.3, -0.25) is 0 Å². The SMILES string of the molecule is C#Cc1ccc(-c2c3nc(c(-c4cccc[n+]4C)c4ccc([nH]4)c(-c4cccc[n+]4C)c4nc(c(-c5cccc[n+]5C)c5ccc2[nH]5)C=C4)C=C3)cc1. The lowest BCUT2D eigenvalue weighted by Gasteiger charge is -2.06. The van der Waals surface area contributed by atoms with E-state index in [0.29, 0.717) is 0 Å². The van der Waals surface area contributed by atoms with Crippen LogP contribution >= 0.6 is 0 Å². The van der Waals surface area contributed by atoms with Crippen LogP contribution in [0.5, 0.6) is 0 Å². The van der Waals surface area contributed by atoms with Gasteiger partial charge in [0.25, 0.3) is 0 Å². The van der Waals surface area contributed by atoms with E-state index in [1.165, 1.54) is 0 Å². The van der Waals surface area contributed by atoms with Gasteiger partial charge in [0.05, 0.1) is 56.0 Å². The molecule has 2 N–H and O–H groups in total. The van der Waals surface area contributed by atoms with Crippen molar-refractivity contribution in [3.05, 3.63) is 150 Å². The van der Waals surface area contributed by atoms with Crippen LogP contribution in [0.15, 0.2) is 122 Å². The Morgan fingerprint density at radius 2 is 0.811 bits per heavy atom. The van der Waals surface area contributed by atoms with Crippen molar-refractivity contribution in [2.24, 2.45) is 21.1 Å². The van der Waals surface area contributed by atoms with Crippen molar-refractivity contribution < 1.29 is 13.7 Å². The second kappa shape index (κ2) is 12.9. The monoisotopic (exact) mass is 686 g/mol. The van der Waals surface area contributed by atoms with Crippen LogP contribution in [0.2, 0.25) is 0 Å². The first-order valence-corrected chi connectivity index (χ1v) is 17.6. The molecule has 0 atom stereocenters. The summed E-state index contributed by atoms with van der Waals surface area (Å²) in [6.45, 7) is 0. The van der Waals surface area contributed by atoms with Crippen LogP contribution in [-0.4, -0.2) is 19.9 Å². The number of hydrogen-bond donors (Lipinski definition) is 2. The molecule has 8 bridgehead atoms. The van der Waals surface area contributed by atoms with Crippen LogP contribution in [0.25, 0.3) is 91.3 Å². The van der Waals surface area contributed by atoms with Crippen molar-refractivity contribution in [1.82, 2.24) is 19.9 Å². The zero-order valence-corrected chi connectivity index (χ0v) is 29.7. The molecule has 8 heterocycles. The molecule has 0 amide bonds. The lowest BCUT2D eigenvalue weighted by molar-refractivity contribution is -0.660. The Morgan fingerprint density at radius 1 is 0.453 bits per heavy atom. The van der Waals surface area contributed by atoms with Crippen LogP contribution in [0.3, 0.4) is 0 Å². The molecule has 0 spiro atoms. The predicted octanol–water partition coefficient (Wildman–Crippen LogP) is 7.78. The molecule has 2 aliphatic heterocycles. The van der Waals surface area contributed by atoms with Crippen LogP contribution in [0, 0.1) is 12.3 Å². The van der Waals surface area contributed by atoms with Gasteiger partial charge in [-0.05, 0) is 84.5 Å². The molecule has 0 saturated heterocycles. The third-order valence-electron chi connectivity index (χ3n) is 10.0. The molecule has 0 saturated carbocycles. The summed E-state index contributed by atoms with van der Waals surface area (Å²) in [5.41, 5.74) is 16.1. The van der Waals surface area contributed by atoms with E-state index < -0.39 is 0 Å². The maximum Gasteiger partial charge on any atom is 0.216 e. The number of nitrogens with zero attached hydrogens (tertiary/aromatic N) is 5. The van der Waals surface area contributed by atoms with Gasteiger partial charge in [-0.15, -0.1) is 6.42 Å². The van der Waals surface area contributed by atoms with E-state index in [9.17, 15) is 0 Å². The molecule has 0 aliphatic carbocycles. The summed E-state index contributed by atoms with van der Waals surface area (Å²) < 4.78 is 6.41. The number of aryl methyl sites for hydroxylation is 3. The van der Waals surface area contributed by atoms with Crippen molar-refractivity contribution in [3.8, 4) is 57.2 Å². The first-order chi connectivity index (χ1) is 26.0. The molecule has 252 valence electrons. The number of H-pyrrole nitrogens is 2. The first kappa shape index (κ1) is 31.8. The maximum absolute atomic E-state index is 5.77. The summed E-state index contributed by atoms with van der Waals surface area (Å²) in [4.78, 5) is 18.5. The largest absolute Gasteiger partial charge is 0.354 e. The van der Waals surface area contributed by atoms with Crippen LogP contribution in [-0.2, 0) is 21.1 Å². The molecule has 2 aliphatic rings. The lowest BCUT2D eigenvalue weighted by Crippen LogP contribution is -2.30. The summed E-state index contributed by atoms with van der Waals surface area (Å²) in [5.74, 6) is 2.76. The molecule has 9 rings (SSSR count). The zero-order chi connectivity index (χ0) is 36.1. The minimum Gasteiger partial charge on any atom is -0.354 e. The highest BCUT2D eigenvalue weighted by Gasteiger charge is 2.24.